The van der Waals surface area contributed by atoms with Crippen LogP contribution in [0.15, 0.2) is 96.0 Å². The Balaban J connectivity index is 1.90. The van der Waals surface area contributed by atoms with E-state index in [-0.39, 0.29) is 10.8 Å². The highest BCUT2D eigenvalue weighted by molar-refractivity contribution is 7.56. The summed E-state index contributed by atoms with van der Waals surface area (Å²) in [5.41, 5.74) is 8.35. The largest absolute Gasteiger partial charge is 0.488 e. The van der Waals surface area contributed by atoms with Crippen LogP contribution in [0.5, 0.6) is 5.75 Å². The van der Waals surface area contributed by atoms with Crippen molar-refractivity contribution >= 4 is 24.9 Å². The third-order valence-electron chi connectivity index (χ3n) is 7.05. The summed E-state index contributed by atoms with van der Waals surface area (Å²) in [6, 6.07) is 32.3. The topological polar surface area (TPSA) is 21.6 Å². The second-order valence-corrected chi connectivity index (χ2v) is 13.5. The maximum atomic E-state index is 6.75. The zero-order valence-corrected chi connectivity index (χ0v) is 25.7. The number of aliphatic imine (C=N–C) groups is 1. The van der Waals surface area contributed by atoms with E-state index in [1.54, 1.807) is 0 Å². The fraction of sp³-hybridized carbons (Fsp3) is 0.306. The molecule has 4 rings (SSSR count). The van der Waals surface area contributed by atoms with E-state index in [1.807, 2.05) is 13.1 Å². The molecule has 4 aromatic rings. The van der Waals surface area contributed by atoms with Crippen molar-refractivity contribution in [2.24, 2.45) is 4.99 Å². The molecule has 0 aliphatic heterocycles. The summed E-state index contributed by atoms with van der Waals surface area (Å²) in [5.74, 6) is 1.02. The first-order chi connectivity index (χ1) is 18.5. The van der Waals surface area contributed by atoms with E-state index in [9.17, 15) is 0 Å². The molecule has 1 unspecified atom stereocenters. The molecule has 4 aromatic carbocycles. The average molecular weight is 536 g/mol. The van der Waals surface area contributed by atoms with Crippen molar-refractivity contribution in [3.63, 3.8) is 0 Å². The summed E-state index contributed by atoms with van der Waals surface area (Å²) in [5, 5.41) is 2.57. The second kappa shape index (κ2) is 11.9. The van der Waals surface area contributed by atoms with Gasteiger partial charge in [-0.15, -0.1) is 0 Å². The van der Waals surface area contributed by atoms with Crippen molar-refractivity contribution < 1.29 is 4.74 Å². The molecule has 0 N–H and O–H groups in total. The van der Waals surface area contributed by atoms with Gasteiger partial charge in [-0.25, -0.2) is 0 Å². The van der Waals surface area contributed by atoms with Crippen LogP contribution in [0.2, 0.25) is 0 Å². The Bertz CT molecular complexity index is 1440. The van der Waals surface area contributed by atoms with Gasteiger partial charge in [-0.3, -0.25) is 4.99 Å². The number of rotatable bonds is 7. The number of hydrogen-bond acceptors (Lipinski definition) is 2. The van der Waals surface area contributed by atoms with Crippen LogP contribution < -0.4 is 15.3 Å². The van der Waals surface area contributed by atoms with E-state index in [1.165, 1.54) is 38.4 Å². The Hall–Kier alpha value is -3.22. The van der Waals surface area contributed by atoms with Crippen LogP contribution in [0.1, 0.15) is 74.9 Å². The lowest BCUT2D eigenvalue weighted by Gasteiger charge is -2.30. The summed E-state index contributed by atoms with van der Waals surface area (Å²) < 4.78 is 6.75. The molecule has 0 aromatic heterocycles. The molecule has 0 heterocycles. The van der Waals surface area contributed by atoms with E-state index in [0.29, 0.717) is 15.2 Å². The number of aryl methyl sites for hydroxylation is 1. The van der Waals surface area contributed by atoms with Crippen molar-refractivity contribution in [2.45, 2.75) is 65.9 Å². The van der Waals surface area contributed by atoms with E-state index in [2.05, 4.69) is 133 Å². The molecule has 3 heteroatoms. The quantitative estimate of drug-likeness (QED) is 0.172. The molecule has 0 spiro atoms. The van der Waals surface area contributed by atoms with Gasteiger partial charge in [0.25, 0.3) is 0 Å². The molecule has 0 saturated carbocycles. The maximum Gasteiger partial charge on any atom is 0.131 e. The molecule has 0 aliphatic rings. The molecule has 202 valence electrons. The summed E-state index contributed by atoms with van der Waals surface area (Å²) in [7, 11) is 2.32. The summed E-state index contributed by atoms with van der Waals surface area (Å²) in [4.78, 5) is 4.77. The van der Waals surface area contributed by atoms with Crippen LogP contribution in [0.25, 0.3) is 0 Å². The first-order valence-electron chi connectivity index (χ1n) is 13.7. The van der Waals surface area contributed by atoms with Gasteiger partial charge >= 0.3 is 0 Å². The molecular formula is C36H42NOP. The Kier molecular flexibility index (Phi) is 8.77. The number of benzene rings is 4. The molecular weight excluding hydrogens is 493 g/mol. The summed E-state index contributed by atoms with van der Waals surface area (Å²) in [6.45, 7) is 16.5. The summed E-state index contributed by atoms with van der Waals surface area (Å²) >= 11 is 0. The smallest absolute Gasteiger partial charge is 0.131 e. The van der Waals surface area contributed by atoms with Gasteiger partial charge in [-0.1, -0.05) is 135 Å². The minimum Gasteiger partial charge on any atom is -0.488 e. The fourth-order valence-electron chi connectivity index (χ4n) is 4.76. The Morgan fingerprint density at radius 2 is 1.41 bits per heavy atom. The molecule has 0 fully saturated rings. The molecule has 39 heavy (non-hydrogen) atoms. The second-order valence-electron chi connectivity index (χ2n) is 12.2. The third-order valence-corrected chi connectivity index (χ3v) is 8.60. The summed E-state index contributed by atoms with van der Waals surface area (Å²) in [6.07, 6.45) is 0. The zero-order valence-electron chi connectivity index (χ0n) is 24.7. The van der Waals surface area contributed by atoms with Gasteiger partial charge in [-0.2, -0.15) is 0 Å². The van der Waals surface area contributed by atoms with Crippen molar-refractivity contribution in [1.29, 1.82) is 0 Å². The van der Waals surface area contributed by atoms with Crippen molar-refractivity contribution in [3.8, 4) is 5.75 Å². The first kappa shape index (κ1) is 28.8. The Labute approximate surface area is 237 Å². The van der Waals surface area contributed by atoms with Crippen molar-refractivity contribution in [2.75, 3.05) is 7.05 Å². The lowest BCUT2D eigenvalue weighted by Crippen LogP contribution is -2.24. The highest BCUT2D eigenvalue weighted by atomic mass is 31.1. The van der Waals surface area contributed by atoms with Crippen LogP contribution >= 0.6 is 8.58 Å². The van der Waals surface area contributed by atoms with Crippen LogP contribution in [-0.2, 0) is 17.4 Å². The molecule has 0 radical (unpaired) electrons. The van der Waals surface area contributed by atoms with Crippen LogP contribution in [-0.4, -0.2) is 12.8 Å². The predicted octanol–water partition coefficient (Wildman–Crippen LogP) is 8.27. The number of hydrogen-bond donors (Lipinski definition) is 0. The van der Waals surface area contributed by atoms with Crippen LogP contribution in [0.3, 0.4) is 0 Å². The monoisotopic (exact) mass is 535 g/mol. The average Bonchev–Trinajstić information content (AvgIpc) is 2.90. The van der Waals surface area contributed by atoms with E-state index >= 15 is 0 Å². The molecule has 0 amide bonds. The normalized spacial score (nSPS) is 12.8. The van der Waals surface area contributed by atoms with Crippen LogP contribution in [0.4, 0.5) is 0 Å². The molecule has 2 nitrogen and oxygen atoms in total. The number of nitrogens with zero attached hydrogens (tertiary/aromatic N) is 1. The minimum atomic E-state index is -0.0683. The first-order valence-corrected chi connectivity index (χ1v) is 14.7. The van der Waals surface area contributed by atoms with Gasteiger partial charge in [0.1, 0.15) is 12.4 Å². The van der Waals surface area contributed by atoms with E-state index < -0.39 is 0 Å². The number of ether oxygens (including phenoxy) is 1. The zero-order chi connectivity index (χ0) is 28.2. The fourth-order valence-corrected chi connectivity index (χ4v) is 6.20. The third kappa shape index (κ3) is 6.87. The van der Waals surface area contributed by atoms with E-state index in [4.69, 9.17) is 9.73 Å². The van der Waals surface area contributed by atoms with Gasteiger partial charge in [0, 0.05) is 29.0 Å². The highest BCUT2D eigenvalue weighted by Crippen LogP contribution is 2.38. The highest BCUT2D eigenvalue weighted by Gasteiger charge is 2.27. The Morgan fingerprint density at radius 3 is 2.00 bits per heavy atom. The lowest BCUT2D eigenvalue weighted by atomic mass is 9.80. The Morgan fingerprint density at radius 1 is 0.769 bits per heavy atom. The minimum absolute atomic E-state index is 0.0197. The molecule has 0 aliphatic carbocycles. The SMILES string of the molecule is C/N=C(\c1ccccc1)c1cccc(C)c1Pc1cc(C(C)(C)C)cc(C(C)(C)C)c1OCc1ccccc1. The molecule has 0 bridgehead atoms. The van der Waals surface area contributed by atoms with Gasteiger partial charge in [0.2, 0.25) is 0 Å². The van der Waals surface area contributed by atoms with Crippen molar-refractivity contribution in [3.05, 3.63) is 124 Å². The maximum absolute atomic E-state index is 6.75. The molecule has 1 atom stereocenters. The van der Waals surface area contributed by atoms with Gasteiger partial charge in [-0.05, 0) is 45.8 Å². The van der Waals surface area contributed by atoms with Gasteiger partial charge < -0.3 is 4.74 Å². The van der Waals surface area contributed by atoms with Gasteiger partial charge in [0.05, 0.1) is 5.71 Å². The lowest BCUT2D eigenvalue weighted by molar-refractivity contribution is 0.300. The van der Waals surface area contributed by atoms with Crippen LogP contribution in [0, 0.1) is 6.92 Å². The van der Waals surface area contributed by atoms with Crippen molar-refractivity contribution in [1.82, 2.24) is 0 Å². The predicted molar refractivity (Wildman–Crippen MR) is 171 cm³/mol. The van der Waals surface area contributed by atoms with Gasteiger partial charge in [0.15, 0.2) is 0 Å². The van der Waals surface area contributed by atoms with E-state index in [0.717, 1.165) is 17.0 Å². The standard InChI is InChI=1S/C36H42NOP/c1-25-16-15-21-29(32(37-8)27-19-13-10-14-20-27)34(25)39-31-23-28(35(2,3)4)22-30(36(5,6)7)33(31)38-24-26-17-11-9-12-18-26/h9-23,39H,24H2,1-8H3/b37-32+. The molecule has 0 saturated heterocycles.